The molecule has 0 fully saturated rings. The third kappa shape index (κ3) is 5.18. The smallest absolute Gasteiger partial charge is 0.407 e. The van der Waals surface area contributed by atoms with Crippen molar-refractivity contribution >= 4 is 34.6 Å². The van der Waals surface area contributed by atoms with Gasteiger partial charge in [-0.15, -0.1) is 0 Å². The number of benzene rings is 2. The van der Waals surface area contributed by atoms with Gasteiger partial charge in [0.25, 0.3) is 0 Å². The summed E-state index contributed by atoms with van der Waals surface area (Å²) in [7, 11) is 0. The van der Waals surface area contributed by atoms with Gasteiger partial charge in [-0.1, -0.05) is 41.9 Å². The van der Waals surface area contributed by atoms with E-state index in [-0.39, 0.29) is 35.9 Å². The second kappa shape index (κ2) is 9.45. The lowest BCUT2D eigenvalue weighted by Crippen LogP contribution is -2.27. The van der Waals surface area contributed by atoms with E-state index in [4.69, 9.17) is 25.5 Å². The van der Waals surface area contributed by atoms with Crippen LogP contribution in [-0.4, -0.2) is 18.6 Å². The Morgan fingerprint density at radius 3 is 2.57 bits per heavy atom. The number of carbonyl (C=O) groups excluding carboxylic acids is 2. The van der Waals surface area contributed by atoms with Crippen LogP contribution in [0.2, 0.25) is 5.02 Å². The summed E-state index contributed by atoms with van der Waals surface area (Å²) in [6.07, 6.45) is -0.728. The molecule has 3 aromatic rings. The number of ether oxygens (including phenoxy) is 2. The zero-order valence-electron chi connectivity index (χ0n) is 16.5. The van der Waals surface area contributed by atoms with Gasteiger partial charge in [0.05, 0.1) is 11.4 Å². The van der Waals surface area contributed by atoms with Gasteiger partial charge in [0, 0.05) is 23.6 Å². The van der Waals surface area contributed by atoms with E-state index in [1.165, 1.54) is 6.07 Å². The number of aryl methyl sites for hydroxylation is 1. The first kappa shape index (κ1) is 21.4. The van der Waals surface area contributed by atoms with Crippen molar-refractivity contribution < 1.29 is 23.5 Å². The molecule has 0 bridgehead atoms. The van der Waals surface area contributed by atoms with Gasteiger partial charge < -0.3 is 19.2 Å². The third-order valence-corrected chi connectivity index (χ3v) is 4.84. The summed E-state index contributed by atoms with van der Waals surface area (Å²) < 4.78 is 15.6. The largest absolute Gasteiger partial charge is 0.445 e. The molecule has 2 aromatic carbocycles. The number of fused-ring (bicyclic) bond motifs is 1. The van der Waals surface area contributed by atoms with E-state index in [9.17, 15) is 14.4 Å². The molecule has 7 nitrogen and oxygen atoms in total. The SMILES string of the molecule is Cc1c(C)c2cc(Cl)c(OC(=O)CCNC(=O)OCc3ccccc3)cc2oc1=O. The second-order valence-electron chi connectivity index (χ2n) is 6.63. The minimum absolute atomic E-state index is 0.0328. The van der Waals surface area contributed by atoms with Gasteiger partial charge in [-0.2, -0.15) is 0 Å². The fourth-order valence-electron chi connectivity index (χ4n) is 2.74. The van der Waals surface area contributed by atoms with Crippen LogP contribution >= 0.6 is 11.6 Å². The molecule has 0 spiro atoms. The predicted molar refractivity (Wildman–Crippen MR) is 112 cm³/mol. The highest BCUT2D eigenvalue weighted by Gasteiger charge is 2.15. The van der Waals surface area contributed by atoms with E-state index >= 15 is 0 Å². The second-order valence-corrected chi connectivity index (χ2v) is 7.04. The molecule has 0 radical (unpaired) electrons. The number of halogens is 1. The monoisotopic (exact) mass is 429 g/mol. The van der Waals surface area contributed by atoms with Crippen LogP contribution in [0.4, 0.5) is 4.79 Å². The van der Waals surface area contributed by atoms with Gasteiger partial charge in [-0.25, -0.2) is 9.59 Å². The lowest BCUT2D eigenvalue weighted by Gasteiger charge is -2.10. The van der Waals surface area contributed by atoms with Crippen molar-refractivity contribution in [3.05, 3.63) is 74.6 Å². The van der Waals surface area contributed by atoms with E-state index < -0.39 is 17.7 Å². The van der Waals surface area contributed by atoms with Crippen molar-refractivity contribution in [1.29, 1.82) is 0 Å². The minimum Gasteiger partial charge on any atom is -0.445 e. The summed E-state index contributed by atoms with van der Waals surface area (Å²) in [4.78, 5) is 35.6. The molecule has 1 N–H and O–H groups in total. The topological polar surface area (TPSA) is 94.8 Å². The van der Waals surface area contributed by atoms with Crippen LogP contribution in [0.5, 0.6) is 5.75 Å². The molecule has 0 aliphatic rings. The maximum atomic E-state index is 12.1. The molecular formula is C22H20ClNO6. The lowest BCUT2D eigenvalue weighted by molar-refractivity contribution is -0.134. The average Bonchev–Trinajstić information content (AvgIpc) is 2.73. The molecular weight excluding hydrogens is 410 g/mol. The van der Waals surface area contributed by atoms with Crippen molar-refractivity contribution in [2.45, 2.75) is 26.9 Å². The van der Waals surface area contributed by atoms with Crippen LogP contribution in [0.3, 0.4) is 0 Å². The van der Waals surface area contributed by atoms with Crippen LogP contribution in [0, 0.1) is 13.8 Å². The summed E-state index contributed by atoms with van der Waals surface area (Å²) in [5.74, 6) is -0.530. The number of esters is 1. The summed E-state index contributed by atoms with van der Waals surface area (Å²) in [5, 5.41) is 3.36. The van der Waals surface area contributed by atoms with E-state index in [0.29, 0.717) is 10.9 Å². The maximum Gasteiger partial charge on any atom is 0.407 e. The van der Waals surface area contributed by atoms with Crippen LogP contribution in [0.25, 0.3) is 11.0 Å². The summed E-state index contributed by atoms with van der Waals surface area (Å²) in [5.41, 5.74) is 1.92. The minimum atomic E-state index is -0.636. The number of hydrogen-bond acceptors (Lipinski definition) is 6. The molecule has 0 atom stereocenters. The van der Waals surface area contributed by atoms with Gasteiger partial charge in [-0.05, 0) is 31.0 Å². The van der Waals surface area contributed by atoms with E-state index in [1.54, 1.807) is 19.9 Å². The fourth-order valence-corrected chi connectivity index (χ4v) is 2.94. The molecule has 3 rings (SSSR count). The van der Waals surface area contributed by atoms with Crippen molar-refractivity contribution in [3.63, 3.8) is 0 Å². The molecule has 30 heavy (non-hydrogen) atoms. The van der Waals surface area contributed by atoms with E-state index in [1.807, 2.05) is 30.3 Å². The first-order chi connectivity index (χ1) is 14.3. The maximum absolute atomic E-state index is 12.1. The van der Waals surface area contributed by atoms with Crippen molar-refractivity contribution in [2.75, 3.05) is 6.54 Å². The highest BCUT2D eigenvalue weighted by molar-refractivity contribution is 6.33. The predicted octanol–water partition coefficient (Wildman–Crippen LogP) is 4.29. The highest BCUT2D eigenvalue weighted by atomic mass is 35.5. The molecule has 0 unspecified atom stereocenters. The molecule has 0 aliphatic carbocycles. The number of hydrogen-bond donors (Lipinski definition) is 1. The third-order valence-electron chi connectivity index (χ3n) is 4.54. The summed E-state index contributed by atoms with van der Waals surface area (Å²) >= 11 is 6.21. The number of rotatable bonds is 6. The van der Waals surface area contributed by atoms with Gasteiger partial charge in [0.2, 0.25) is 0 Å². The van der Waals surface area contributed by atoms with Crippen molar-refractivity contribution in [1.82, 2.24) is 5.32 Å². The highest BCUT2D eigenvalue weighted by Crippen LogP contribution is 2.32. The molecule has 1 amide bonds. The number of carbonyl (C=O) groups is 2. The van der Waals surface area contributed by atoms with Crippen molar-refractivity contribution in [3.8, 4) is 5.75 Å². The van der Waals surface area contributed by atoms with Crippen molar-refractivity contribution in [2.24, 2.45) is 0 Å². The lowest BCUT2D eigenvalue weighted by atomic mass is 10.1. The Labute approximate surface area is 177 Å². The molecule has 8 heteroatoms. The van der Waals surface area contributed by atoms with Crippen LogP contribution in [0.1, 0.15) is 23.1 Å². The summed E-state index contributed by atoms with van der Waals surface area (Å²) in [6, 6.07) is 12.2. The van der Waals surface area contributed by atoms with E-state index in [2.05, 4.69) is 5.32 Å². The molecule has 1 heterocycles. The van der Waals surface area contributed by atoms with Gasteiger partial charge in [-0.3, -0.25) is 4.79 Å². The van der Waals surface area contributed by atoms with Gasteiger partial charge in [0.1, 0.15) is 12.2 Å². The zero-order chi connectivity index (χ0) is 21.7. The van der Waals surface area contributed by atoms with E-state index in [0.717, 1.165) is 11.1 Å². The molecule has 1 aromatic heterocycles. The molecule has 156 valence electrons. The number of amides is 1. The standard InChI is InChI=1S/C22H20ClNO6/c1-13-14(2)21(26)30-18-11-19(17(23)10-16(13)18)29-20(25)8-9-24-22(27)28-12-15-6-4-3-5-7-15/h3-7,10-11H,8-9,12H2,1-2H3,(H,24,27). The van der Waals surface area contributed by atoms with Gasteiger partial charge in [0.15, 0.2) is 5.75 Å². The number of alkyl carbamates (subject to hydrolysis) is 1. The Balaban J connectivity index is 1.54. The fraction of sp³-hybridized carbons (Fsp3) is 0.227. The Morgan fingerprint density at radius 2 is 1.83 bits per heavy atom. The van der Waals surface area contributed by atoms with Gasteiger partial charge >= 0.3 is 17.7 Å². The quantitative estimate of drug-likeness (QED) is 0.357. The first-order valence-corrected chi connectivity index (χ1v) is 9.61. The Hall–Kier alpha value is -3.32. The zero-order valence-corrected chi connectivity index (χ0v) is 17.2. The average molecular weight is 430 g/mol. The molecule has 0 saturated heterocycles. The van der Waals surface area contributed by atoms with Crippen LogP contribution < -0.4 is 15.7 Å². The van der Waals surface area contributed by atoms with Crippen LogP contribution in [0.15, 0.2) is 51.7 Å². The Bertz CT molecular complexity index is 1140. The first-order valence-electron chi connectivity index (χ1n) is 9.24. The Morgan fingerprint density at radius 1 is 1.10 bits per heavy atom. The Kier molecular flexibility index (Phi) is 6.74. The number of nitrogens with one attached hydrogen (secondary N) is 1. The van der Waals surface area contributed by atoms with Crippen LogP contribution in [-0.2, 0) is 16.1 Å². The summed E-state index contributed by atoms with van der Waals surface area (Å²) in [6.45, 7) is 3.62. The molecule has 0 aliphatic heterocycles. The molecule has 0 saturated carbocycles. The normalized spacial score (nSPS) is 10.6.